The average Bonchev–Trinajstić information content (AvgIpc) is 2.54. The summed E-state index contributed by atoms with van der Waals surface area (Å²) < 4.78 is 45.0. The summed E-state index contributed by atoms with van der Waals surface area (Å²) in [6.45, 7) is 1.07. The molecular formula is C16H14Cl2FNO4S. The molecule has 0 unspecified atom stereocenters. The Morgan fingerprint density at radius 1 is 1.16 bits per heavy atom. The molecule has 0 aliphatic carbocycles. The fourth-order valence-corrected chi connectivity index (χ4v) is 3.72. The summed E-state index contributed by atoms with van der Waals surface area (Å²) in [6.07, 6.45) is 0. The van der Waals surface area contributed by atoms with Gasteiger partial charge in [-0.25, -0.2) is 12.8 Å². The third kappa shape index (κ3) is 4.92. The quantitative estimate of drug-likeness (QED) is 0.745. The molecule has 0 spiro atoms. The Bertz CT molecular complexity index is 869. The highest BCUT2D eigenvalue weighted by Gasteiger charge is 2.25. The highest BCUT2D eigenvalue weighted by atomic mass is 35.5. The Kier molecular flexibility index (Phi) is 6.40. The summed E-state index contributed by atoms with van der Waals surface area (Å²) in [6, 6.07) is 8.42. The number of hydrogen-bond acceptors (Lipinski definition) is 4. The molecular weight excluding hydrogens is 392 g/mol. The molecule has 0 heterocycles. The van der Waals surface area contributed by atoms with Crippen LogP contribution in [0.1, 0.15) is 12.5 Å². The number of benzene rings is 2. The maximum Gasteiger partial charge on any atom is 0.324 e. The molecule has 25 heavy (non-hydrogen) atoms. The zero-order valence-corrected chi connectivity index (χ0v) is 15.3. The topological polar surface area (TPSA) is 72.5 Å². The average molecular weight is 406 g/mol. The number of carbonyl (C=O) groups excluding carboxylic acids is 1. The van der Waals surface area contributed by atoms with Crippen molar-refractivity contribution >= 4 is 39.2 Å². The molecule has 0 saturated heterocycles. The minimum Gasteiger partial charge on any atom is -0.460 e. The summed E-state index contributed by atoms with van der Waals surface area (Å²) in [5.41, 5.74) is 0.406. The zero-order chi connectivity index (χ0) is 18.6. The lowest BCUT2D eigenvalue weighted by Gasteiger charge is -2.15. The number of hydrogen-bond donors (Lipinski definition) is 1. The maximum absolute atomic E-state index is 13.6. The normalized spacial score (nSPS) is 12.6. The third-order valence-corrected chi connectivity index (χ3v) is 5.51. The SMILES string of the molecule is C[C@H](NS(=O)(=O)c1ccccc1F)C(=O)OCc1c(Cl)cccc1Cl. The first-order chi connectivity index (χ1) is 11.7. The number of sulfonamides is 1. The van der Waals surface area contributed by atoms with Crippen LogP contribution in [0, 0.1) is 5.82 Å². The van der Waals surface area contributed by atoms with E-state index < -0.39 is 32.7 Å². The molecule has 0 aliphatic heterocycles. The number of nitrogens with one attached hydrogen (secondary N) is 1. The minimum atomic E-state index is -4.21. The molecule has 0 bridgehead atoms. The molecule has 0 aliphatic rings. The first kappa shape index (κ1) is 19.7. The van der Waals surface area contributed by atoms with Crippen molar-refractivity contribution in [1.82, 2.24) is 4.72 Å². The molecule has 2 aromatic carbocycles. The van der Waals surface area contributed by atoms with Crippen LogP contribution in [0.4, 0.5) is 4.39 Å². The number of esters is 1. The largest absolute Gasteiger partial charge is 0.460 e. The van der Waals surface area contributed by atoms with Crippen molar-refractivity contribution in [2.45, 2.75) is 24.5 Å². The summed E-state index contributed by atoms with van der Waals surface area (Å²) in [5.74, 6) is -1.77. The lowest BCUT2D eigenvalue weighted by atomic mass is 10.2. The van der Waals surface area contributed by atoms with Gasteiger partial charge in [-0.05, 0) is 31.2 Å². The molecule has 1 N–H and O–H groups in total. The predicted octanol–water partition coefficient (Wildman–Crippen LogP) is 3.54. The van der Waals surface area contributed by atoms with E-state index in [-0.39, 0.29) is 6.61 Å². The Morgan fingerprint density at radius 2 is 1.76 bits per heavy atom. The molecule has 0 saturated carbocycles. The van der Waals surface area contributed by atoms with Crippen molar-refractivity contribution in [3.8, 4) is 0 Å². The fourth-order valence-electron chi connectivity index (χ4n) is 1.95. The number of carbonyl (C=O) groups is 1. The maximum atomic E-state index is 13.6. The van der Waals surface area contributed by atoms with Gasteiger partial charge in [0.15, 0.2) is 0 Å². The van der Waals surface area contributed by atoms with Crippen molar-refractivity contribution in [2.75, 3.05) is 0 Å². The van der Waals surface area contributed by atoms with Gasteiger partial charge in [0.1, 0.15) is 23.4 Å². The summed E-state index contributed by atoms with van der Waals surface area (Å²) in [4.78, 5) is 11.5. The Labute approximate surface area is 154 Å². The van der Waals surface area contributed by atoms with E-state index in [2.05, 4.69) is 4.72 Å². The Balaban J connectivity index is 2.04. The van der Waals surface area contributed by atoms with Gasteiger partial charge in [-0.3, -0.25) is 4.79 Å². The summed E-state index contributed by atoms with van der Waals surface area (Å²) in [7, 11) is -4.21. The van der Waals surface area contributed by atoms with Crippen LogP contribution in [0.5, 0.6) is 0 Å². The van der Waals surface area contributed by atoms with Gasteiger partial charge in [0, 0.05) is 15.6 Å². The van der Waals surface area contributed by atoms with Crippen molar-refractivity contribution in [3.63, 3.8) is 0 Å². The molecule has 2 rings (SSSR count). The van der Waals surface area contributed by atoms with E-state index in [0.29, 0.717) is 15.6 Å². The summed E-state index contributed by atoms with van der Waals surface area (Å²) in [5, 5.41) is 0.639. The van der Waals surface area contributed by atoms with E-state index in [1.165, 1.54) is 19.1 Å². The number of rotatable bonds is 6. The van der Waals surface area contributed by atoms with Crippen molar-refractivity contribution < 1.29 is 22.3 Å². The van der Waals surface area contributed by atoms with Gasteiger partial charge < -0.3 is 4.74 Å². The van der Waals surface area contributed by atoms with E-state index in [1.807, 2.05) is 0 Å². The Hall–Kier alpha value is -1.67. The highest BCUT2D eigenvalue weighted by molar-refractivity contribution is 7.89. The van der Waals surface area contributed by atoms with E-state index >= 15 is 0 Å². The van der Waals surface area contributed by atoms with Gasteiger partial charge in [-0.2, -0.15) is 4.72 Å². The second-order valence-corrected chi connectivity index (χ2v) is 7.58. The fraction of sp³-hybridized carbons (Fsp3) is 0.188. The predicted molar refractivity (Wildman–Crippen MR) is 92.4 cm³/mol. The second kappa shape index (κ2) is 8.14. The van der Waals surface area contributed by atoms with Crippen molar-refractivity contribution in [1.29, 1.82) is 0 Å². The van der Waals surface area contributed by atoms with Crippen LogP contribution in [0.2, 0.25) is 10.0 Å². The van der Waals surface area contributed by atoms with Gasteiger partial charge in [0.2, 0.25) is 10.0 Å². The molecule has 0 fully saturated rings. The van der Waals surface area contributed by atoms with Crippen LogP contribution in [0.15, 0.2) is 47.4 Å². The van der Waals surface area contributed by atoms with E-state index in [4.69, 9.17) is 27.9 Å². The van der Waals surface area contributed by atoms with Crippen LogP contribution in [-0.4, -0.2) is 20.4 Å². The van der Waals surface area contributed by atoms with Crippen LogP contribution >= 0.6 is 23.2 Å². The molecule has 5 nitrogen and oxygen atoms in total. The van der Waals surface area contributed by atoms with Gasteiger partial charge in [0.05, 0.1) is 0 Å². The van der Waals surface area contributed by atoms with Crippen LogP contribution in [0.3, 0.4) is 0 Å². The van der Waals surface area contributed by atoms with Crippen molar-refractivity contribution in [3.05, 3.63) is 63.9 Å². The lowest BCUT2D eigenvalue weighted by Crippen LogP contribution is -2.39. The number of halogens is 3. The monoisotopic (exact) mass is 405 g/mol. The Morgan fingerprint density at radius 3 is 2.36 bits per heavy atom. The molecule has 0 aromatic heterocycles. The molecule has 134 valence electrons. The smallest absolute Gasteiger partial charge is 0.324 e. The molecule has 9 heteroatoms. The molecule has 0 amide bonds. The summed E-state index contributed by atoms with van der Waals surface area (Å²) >= 11 is 11.9. The van der Waals surface area contributed by atoms with Crippen LogP contribution in [-0.2, 0) is 26.2 Å². The first-order valence-corrected chi connectivity index (χ1v) is 9.32. The number of ether oxygens (including phenoxy) is 1. The standard InChI is InChI=1S/C16H14Cl2FNO4S/c1-10(20-25(22,23)15-8-3-2-7-14(15)19)16(21)24-9-11-12(17)5-4-6-13(11)18/h2-8,10,20H,9H2,1H3/t10-/m0/s1. The van der Waals surface area contributed by atoms with Gasteiger partial charge >= 0.3 is 5.97 Å². The van der Waals surface area contributed by atoms with E-state index in [0.717, 1.165) is 12.1 Å². The zero-order valence-electron chi connectivity index (χ0n) is 13.0. The van der Waals surface area contributed by atoms with Crippen LogP contribution < -0.4 is 4.72 Å². The van der Waals surface area contributed by atoms with Crippen LogP contribution in [0.25, 0.3) is 0 Å². The minimum absolute atomic E-state index is 0.219. The second-order valence-electron chi connectivity index (χ2n) is 5.08. The van der Waals surface area contributed by atoms with Gasteiger partial charge in [0.25, 0.3) is 0 Å². The van der Waals surface area contributed by atoms with E-state index in [1.54, 1.807) is 18.2 Å². The first-order valence-electron chi connectivity index (χ1n) is 7.09. The van der Waals surface area contributed by atoms with Gasteiger partial charge in [-0.15, -0.1) is 0 Å². The highest BCUT2D eigenvalue weighted by Crippen LogP contribution is 2.25. The van der Waals surface area contributed by atoms with Crippen molar-refractivity contribution in [2.24, 2.45) is 0 Å². The van der Waals surface area contributed by atoms with E-state index in [9.17, 15) is 17.6 Å². The molecule has 1 atom stereocenters. The van der Waals surface area contributed by atoms with Gasteiger partial charge in [-0.1, -0.05) is 41.4 Å². The molecule has 0 radical (unpaired) electrons. The third-order valence-electron chi connectivity index (χ3n) is 3.23. The lowest BCUT2D eigenvalue weighted by molar-refractivity contribution is -0.146. The molecule has 2 aromatic rings.